The number of carbonyl (C=O) groups is 3. The van der Waals surface area contributed by atoms with Crippen LogP contribution in [0.25, 0.3) is 0 Å². The molecule has 3 amide bonds. The van der Waals surface area contributed by atoms with Crippen LogP contribution in [-0.4, -0.2) is 47.2 Å². The number of amides is 3. The third-order valence-corrected chi connectivity index (χ3v) is 5.96. The van der Waals surface area contributed by atoms with E-state index in [1.54, 1.807) is 4.90 Å². The smallest absolute Gasteiger partial charge is 0.255 e. The largest absolute Gasteiger partial charge is 0.329 e. The zero-order valence-electron chi connectivity index (χ0n) is 17.0. The Kier molecular flexibility index (Phi) is 5.65. The van der Waals surface area contributed by atoms with Crippen LogP contribution >= 0.6 is 0 Å². The number of nitrogens with one attached hydrogen (secondary N) is 1. The normalized spacial score (nSPS) is 19.8. The van der Waals surface area contributed by atoms with Crippen molar-refractivity contribution in [3.05, 3.63) is 70.8 Å². The second-order valence-electron chi connectivity index (χ2n) is 7.97. The van der Waals surface area contributed by atoms with Crippen LogP contribution in [0.4, 0.5) is 0 Å². The minimum absolute atomic E-state index is 0.0982. The lowest BCUT2D eigenvalue weighted by atomic mass is 10.0. The number of likely N-dealkylation sites (N-methyl/N-ethyl adjacent to an activating group) is 1. The number of hydrogen-bond acceptors (Lipinski definition) is 5. The molecule has 7 heteroatoms. The first-order valence-electron chi connectivity index (χ1n) is 10.2. The lowest BCUT2D eigenvalue weighted by Gasteiger charge is -2.29. The summed E-state index contributed by atoms with van der Waals surface area (Å²) in [6.45, 7) is 1.58. The number of benzene rings is 2. The van der Waals surface area contributed by atoms with Gasteiger partial charge in [-0.05, 0) is 36.2 Å². The van der Waals surface area contributed by atoms with Gasteiger partial charge in [0.15, 0.2) is 0 Å². The van der Waals surface area contributed by atoms with Gasteiger partial charge in [-0.3, -0.25) is 24.6 Å². The first-order chi connectivity index (χ1) is 14.5. The monoisotopic (exact) mass is 406 g/mol. The van der Waals surface area contributed by atoms with E-state index in [1.807, 2.05) is 43.4 Å². The lowest BCUT2D eigenvalue weighted by Crippen LogP contribution is -2.52. The Morgan fingerprint density at radius 1 is 1.17 bits per heavy atom. The molecule has 2 unspecified atom stereocenters. The molecule has 30 heavy (non-hydrogen) atoms. The SMILES string of the molecule is CN(Cc1ccc2c(c1)CN(C1CCC(=O)NC1=O)C2=O)C(CN)c1ccccc1. The molecule has 0 spiro atoms. The highest BCUT2D eigenvalue weighted by atomic mass is 16.2. The Hall–Kier alpha value is -3.03. The summed E-state index contributed by atoms with van der Waals surface area (Å²) in [5.74, 6) is -0.817. The molecule has 1 saturated heterocycles. The van der Waals surface area contributed by atoms with Gasteiger partial charge in [0.05, 0.1) is 0 Å². The minimum Gasteiger partial charge on any atom is -0.329 e. The minimum atomic E-state index is -0.589. The number of hydrogen-bond donors (Lipinski definition) is 2. The fourth-order valence-electron chi connectivity index (χ4n) is 4.37. The maximum Gasteiger partial charge on any atom is 0.255 e. The summed E-state index contributed by atoms with van der Waals surface area (Å²) in [6, 6.07) is 15.5. The van der Waals surface area contributed by atoms with E-state index in [0.717, 1.165) is 11.1 Å². The zero-order valence-corrected chi connectivity index (χ0v) is 17.0. The van der Waals surface area contributed by atoms with Gasteiger partial charge in [0.2, 0.25) is 11.8 Å². The van der Waals surface area contributed by atoms with Crippen molar-refractivity contribution in [3.63, 3.8) is 0 Å². The molecular formula is C23H26N4O3. The third-order valence-electron chi connectivity index (χ3n) is 5.96. The van der Waals surface area contributed by atoms with Crippen molar-refractivity contribution in [1.82, 2.24) is 15.1 Å². The Labute approximate surface area is 175 Å². The van der Waals surface area contributed by atoms with Crippen molar-refractivity contribution >= 4 is 17.7 Å². The number of nitrogens with two attached hydrogens (primary N) is 1. The molecule has 2 heterocycles. The number of fused-ring (bicyclic) bond motifs is 1. The molecule has 7 nitrogen and oxygen atoms in total. The van der Waals surface area contributed by atoms with Crippen LogP contribution in [-0.2, 0) is 22.7 Å². The summed E-state index contributed by atoms with van der Waals surface area (Å²) < 4.78 is 0. The third kappa shape index (κ3) is 3.86. The number of rotatable bonds is 6. The Bertz CT molecular complexity index is 976. The van der Waals surface area contributed by atoms with E-state index in [-0.39, 0.29) is 30.2 Å². The first-order valence-corrected chi connectivity index (χ1v) is 10.2. The summed E-state index contributed by atoms with van der Waals surface area (Å²) in [7, 11) is 2.04. The molecule has 4 rings (SSSR count). The Morgan fingerprint density at radius 2 is 1.93 bits per heavy atom. The highest BCUT2D eigenvalue weighted by Gasteiger charge is 2.39. The molecule has 0 saturated carbocycles. The molecular weight excluding hydrogens is 380 g/mol. The second-order valence-corrected chi connectivity index (χ2v) is 7.97. The van der Waals surface area contributed by atoms with Gasteiger partial charge in [0.1, 0.15) is 6.04 Å². The van der Waals surface area contributed by atoms with Gasteiger partial charge in [-0.25, -0.2) is 0 Å². The van der Waals surface area contributed by atoms with E-state index in [1.165, 1.54) is 5.56 Å². The maximum atomic E-state index is 12.8. The first kappa shape index (κ1) is 20.3. The predicted octanol–water partition coefficient (Wildman–Crippen LogP) is 1.58. The average molecular weight is 406 g/mol. The predicted molar refractivity (Wildman–Crippen MR) is 112 cm³/mol. The molecule has 2 aromatic rings. The topological polar surface area (TPSA) is 95.7 Å². The lowest BCUT2D eigenvalue weighted by molar-refractivity contribution is -0.136. The molecule has 1 fully saturated rings. The standard InChI is InChI=1S/C23H26N4O3/c1-26(20(12-24)16-5-3-2-4-6-16)13-15-7-8-18-17(11-15)14-27(23(18)30)19-9-10-21(28)25-22(19)29/h2-8,11,19-20H,9-10,12-14,24H2,1H3,(H,25,28,29). The van der Waals surface area contributed by atoms with Crippen LogP contribution in [0.5, 0.6) is 0 Å². The van der Waals surface area contributed by atoms with Crippen molar-refractivity contribution < 1.29 is 14.4 Å². The highest BCUT2D eigenvalue weighted by molar-refractivity contribution is 6.05. The van der Waals surface area contributed by atoms with Crippen LogP contribution in [0.3, 0.4) is 0 Å². The summed E-state index contributed by atoms with van der Waals surface area (Å²) in [5, 5.41) is 2.34. The molecule has 156 valence electrons. The maximum absolute atomic E-state index is 12.8. The second kappa shape index (κ2) is 8.38. The van der Waals surface area contributed by atoms with Gasteiger partial charge in [-0.1, -0.05) is 42.5 Å². The summed E-state index contributed by atoms with van der Waals surface area (Å²) in [5.41, 5.74) is 9.84. The van der Waals surface area contributed by atoms with Gasteiger partial charge in [0.25, 0.3) is 5.91 Å². The van der Waals surface area contributed by atoms with Crippen molar-refractivity contribution in [3.8, 4) is 0 Å². The molecule has 0 aliphatic carbocycles. The quantitative estimate of drug-likeness (QED) is 0.710. The van der Waals surface area contributed by atoms with Gasteiger partial charge in [-0.2, -0.15) is 0 Å². The molecule has 3 N–H and O–H groups in total. The van der Waals surface area contributed by atoms with Crippen molar-refractivity contribution in [2.75, 3.05) is 13.6 Å². The summed E-state index contributed by atoms with van der Waals surface area (Å²) in [4.78, 5) is 40.2. The number of nitrogens with zero attached hydrogens (tertiary/aromatic N) is 2. The van der Waals surface area contributed by atoms with E-state index >= 15 is 0 Å². The van der Waals surface area contributed by atoms with Gasteiger partial charge >= 0.3 is 0 Å². The van der Waals surface area contributed by atoms with E-state index in [4.69, 9.17) is 5.73 Å². The number of imide groups is 1. The fourth-order valence-corrected chi connectivity index (χ4v) is 4.37. The van der Waals surface area contributed by atoms with Gasteiger partial charge in [0, 0.05) is 37.7 Å². The fraction of sp³-hybridized carbons (Fsp3) is 0.348. The van der Waals surface area contributed by atoms with Crippen LogP contribution in [0.1, 0.15) is 45.9 Å². The molecule has 2 aliphatic heterocycles. The summed E-state index contributed by atoms with van der Waals surface area (Å²) in [6.07, 6.45) is 0.627. The van der Waals surface area contributed by atoms with E-state index in [9.17, 15) is 14.4 Å². The Morgan fingerprint density at radius 3 is 2.63 bits per heavy atom. The number of piperidine rings is 1. The van der Waals surface area contributed by atoms with Gasteiger partial charge < -0.3 is 10.6 Å². The zero-order chi connectivity index (χ0) is 21.3. The van der Waals surface area contributed by atoms with E-state index in [0.29, 0.717) is 31.6 Å². The molecule has 2 aliphatic rings. The van der Waals surface area contributed by atoms with Crippen molar-refractivity contribution in [1.29, 1.82) is 0 Å². The molecule has 0 radical (unpaired) electrons. The van der Waals surface area contributed by atoms with E-state index in [2.05, 4.69) is 22.3 Å². The van der Waals surface area contributed by atoms with Crippen molar-refractivity contribution in [2.24, 2.45) is 5.73 Å². The van der Waals surface area contributed by atoms with Gasteiger partial charge in [-0.15, -0.1) is 0 Å². The van der Waals surface area contributed by atoms with Crippen LogP contribution in [0, 0.1) is 0 Å². The van der Waals surface area contributed by atoms with E-state index < -0.39 is 6.04 Å². The van der Waals surface area contributed by atoms with Crippen LogP contribution in [0.2, 0.25) is 0 Å². The van der Waals surface area contributed by atoms with Crippen molar-refractivity contribution in [2.45, 2.75) is 38.0 Å². The number of carbonyl (C=O) groups excluding carboxylic acids is 3. The molecule has 0 aromatic heterocycles. The van der Waals surface area contributed by atoms with Crippen LogP contribution < -0.4 is 11.1 Å². The molecule has 0 bridgehead atoms. The molecule has 2 atom stereocenters. The van der Waals surface area contributed by atoms with Crippen LogP contribution in [0.15, 0.2) is 48.5 Å². The highest BCUT2D eigenvalue weighted by Crippen LogP contribution is 2.29. The summed E-state index contributed by atoms with van der Waals surface area (Å²) >= 11 is 0. The Balaban J connectivity index is 1.49. The molecule has 2 aromatic carbocycles. The average Bonchev–Trinajstić information content (AvgIpc) is 3.05.